The van der Waals surface area contributed by atoms with Crippen LogP contribution in [-0.2, 0) is 4.79 Å². The first-order chi connectivity index (χ1) is 6.70. The lowest BCUT2D eigenvalue weighted by atomic mass is 9.79. The average Bonchev–Trinajstić information content (AvgIpc) is 2.00. The van der Waals surface area contributed by atoms with Gasteiger partial charge in [-0.2, -0.15) is 0 Å². The van der Waals surface area contributed by atoms with Gasteiger partial charge in [0.2, 0.25) is 5.92 Å². The molecule has 0 radical (unpaired) electrons. The third kappa shape index (κ3) is 4.27. The summed E-state index contributed by atoms with van der Waals surface area (Å²) in [6.07, 6.45) is 0.994. The third-order valence-electron chi connectivity index (χ3n) is 2.88. The van der Waals surface area contributed by atoms with Gasteiger partial charge in [0.15, 0.2) is 0 Å². The van der Waals surface area contributed by atoms with Gasteiger partial charge in [0, 0.05) is 25.2 Å². The highest BCUT2D eigenvalue weighted by atomic mass is 19.3. The molecule has 1 aliphatic carbocycles. The van der Waals surface area contributed by atoms with Gasteiger partial charge in [-0.3, -0.25) is 4.79 Å². The van der Waals surface area contributed by atoms with E-state index < -0.39 is 5.92 Å². The van der Waals surface area contributed by atoms with E-state index in [2.05, 4.69) is 0 Å². The van der Waals surface area contributed by atoms with Crippen LogP contribution in [-0.4, -0.2) is 11.7 Å². The van der Waals surface area contributed by atoms with Crippen molar-refractivity contribution in [2.75, 3.05) is 0 Å². The van der Waals surface area contributed by atoms with E-state index in [9.17, 15) is 13.6 Å². The number of alkyl halides is 2. The summed E-state index contributed by atoms with van der Waals surface area (Å²) in [7, 11) is 0. The van der Waals surface area contributed by atoms with Gasteiger partial charge in [-0.1, -0.05) is 20.8 Å². The SMILES string of the molecule is CC(C)(C)CC(=O)C1CCC(F)(F)CC1. The second-order valence-corrected chi connectivity index (χ2v) is 5.83. The predicted octanol–water partition coefficient (Wildman–Crippen LogP) is 3.82. The standard InChI is InChI=1S/C12H20F2O/c1-11(2,3)8-10(15)9-4-6-12(13,14)7-5-9/h9H,4-8H2,1-3H3. The Hall–Kier alpha value is -0.470. The summed E-state index contributed by atoms with van der Waals surface area (Å²) in [5.41, 5.74) is -0.0307. The molecule has 0 aromatic rings. The Bertz CT molecular complexity index is 230. The van der Waals surface area contributed by atoms with Gasteiger partial charge in [-0.15, -0.1) is 0 Å². The summed E-state index contributed by atoms with van der Waals surface area (Å²) < 4.78 is 25.7. The summed E-state index contributed by atoms with van der Waals surface area (Å²) in [6.45, 7) is 6.01. The van der Waals surface area contributed by atoms with Crippen LogP contribution in [0.15, 0.2) is 0 Å². The second-order valence-electron chi connectivity index (χ2n) is 5.83. The van der Waals surface area contributed by atoms with Crippen LogP contribution >= 0.6 is 0 Å². The first-order valence-electron chi connectivity index (χ1n) is 5.60. The number of ketones is 1. The Labute approximate surface area is 90.2 Å². The summed E-state index contributed by atoms with van der Waals surface area (Å²) in [4.78, 5) is 11.8. The molecule has 0 aliphatic heterocycles. The maximum atomic E-state index is 12.9. The molecule has 0 spiro atoms. The van der Waals surface area contributed by atoms with Crippen molar-refractivity contribution in [3.8, 4) is 0 Å². The fourth-order valence-corrected chi connectivity index (χ4v) is 2.03. The van der Waals surface area contributed by atoms with Crippen LogP contribution in [0.3, 0.4) is 0 Å². The molecule has 1 nitrogen and oxygen atoms in total. The zero-order valence-corrected chi connectivity index (χ0v) is 9.78. The van der Waals surface area contributed by atoms with Crippen molar-refractivity contribution >= 4 is 5.78 Å². The third-order valence-corrected chi connectivity index (χ3v) is 2.88. The molecule has 0 saturated heterocycles. The first kappa shape index (κ1) is 12.6. The van der Waals surface area contributed by atoms with Crippen LogP contribution in [0.5, 0.6) is 0 Å². The smallest absolute Gasteiger partial charge is 0.248 e. The lowest BCUT2D eigenvalue weighted by molar-refractivity contribution is -0.128. The molecule has 88 valence electrons. The Morgan fingerprint density at radius 3 is 2.13 bits per heavy atom. The zero-order valence-electron chi connectivity index (χ0n) is 9.78. The predicted molar refractivity (Wildman–Crippen MR) is 56.0 cm³/mol. The van der Waals surface area contributed by atoms with Crippen LogP contribution < -0.4 is 0 Å². The highest BCUT2D eigenvalue weighted by molar-refractivity contribution is 5.81. The Kier molecular flexibility index (Phi) is 3.51. The number of rotatable bonds is 2. The van der Waals surface area contributed by atoms with Gasteiger partial charge in [0.1, 0.15) is 5.78 Å². The molecule has 0 N–H and O–H groups in total. The van der Waals surface area contributed by atoms with Crippen molar-refractivity contribution in [3.05, 3.63) is 0 Å². The van der Waals surface area contributed by atoms with E-state index in [4.69, 9.17) is 0 Å². The topological polar surface area (TPSA) is 17.1 Å². The van der Waals surface area contributed by atoms with E-state index in [0.717, 1.165) is 0 Å². The van der Waals surface area contributed by atoms with E-state index in [1.165, 1.54) is 0 Å². The zero-order chi connectivity index (χ0) is 11.7. The quantitative estimate of drug-likeness (QED) is 0.688. The van der Waals surface area contributed by atoms with Crippen molar-refractivity contribution in [3.63, 3.8) is 0 Å². The molecule has 0 atom stereocenters. The van der Waals surface area contributed by atoms with Gasteiger partial charge in [-0.25, -0.2) is 8.78 Å². The molecule has 1 saturated carbocycles. The van der Waals surface area contributed by atoms with Gasteiger partial charge in [0.05, 0.1) is 0 Å². The molecule has 0 bridgehead atoms. The summed E-state index contributed by atoms with van der Waals surface area (Å²) in [6, 6.07) is 0. The van der Waals surface area contributed by atoms with Gasteiger partial charge in [0.25, 0.3) is 0 Å². The highest BCUT2D eigenvalue weighted by Crippen LogP contribution is 2.37. The van der Waals surface area contributed by atoms with Crippen LogP contribution in [0.2, 0.25) is 0 Å². The van der Waals surface area contributed by atoms with Crippen molar-refractivity contribution < 1.29 is 13.6 Å². The molecule has 3 heteroatoms. The van der Waals surface area contributed by atoms with Crippen LogP contribution in [0, 0.1) is 11.3 Å². The van der Waals surface area contributed by atoms with Crippen molar-refractivity contribution in [1.29, 1.82) is 0 Å². The molecule has 0 aromatic carbocycles. The van der Waals surface area contributed by atoms with E-state index in [1.54, 1.807) is 0 Å². The summed E-state index contributed by atoms with van der Waals surface area (Å²) >= 11 is 0. The number of carbonyl (C=O) groups excluding carboxylic acids is 1. The van der Waals surface area contributed by atoms with Crippen LogP contribution in [0.4, 0.5) is 8.78 Å². The fraction of sp³-hybridized carbons (Fsp3) is 0.917. The maximum Gasteiger partial charge on any atom is 0.248 e. The van der Waals surface area contributed by atoms with E-state index in [1.807, 2.05) is 20.8 Å². The molecule has 0 amide bonds. The molecule has 1 aliphatic rings. The number of hydrogen-bond acceptors (Lipinski definition) is 1. The average molecular weight is 218 g/mol. The van der Waals surface area contributed by atoms with Gasteiger partial charge in [-0.05, 0) is 18.3 Å². The van der Waals surface area contributed by atoms with Crippen molar-refractivity contribution in [1.82, 2.24) is 0 Å². The van der Waals surface area contributed by atoms with Crippen molar-refractivity contribution in [2.24, 2.45) is 11.3 Å². The first-order valence-corrected chi connectivity index (χ1v) is 5.60. The Morgan fingerprint density at radius 1 is 1.27 bits per heavy atom. The number of carbonyl (C=O) groups is 1. The molecule has 15 heavy (non-hydrogen) atoms. The Morgan fingerprint density at radius 2 is 1.73 bits per heavy atom. The maximum absolute atomic E-state index is 12.9. The fourth-order valence-electron chi connectivity index (χ4n) is 2.03. The Balaban J connectivity index is 2.44. The molecular weight excluding hydrogens is 198 g/mol. The van der Waals surface area contributed by atoms with Crippen LogP contribution in [0.25, 0.3) is 0 Å². The van der Waals surface area contributed by atoms with Gasteiger partial charge >= 0.3 is 0 Å². The normalized spacial score (nSPS) is 22.7. The largest absolute Gasteiger partial charge is 0.299 e. The van der Waals surface area contributed by atoms with Crippen molar-refractivity contribution in [2.45, 2.75) is 58.8 Å². The van der Waals surface area contributed by atoms with Crippen LogP contribution in [0.1, 0.15) is 52.9 Å². The lowest BCUT2D eigenvalue weighted by Gasteiger charge is -2.29. The lowest BCUT2D eigenvalue weighted by Crippen LogP contribution is -2.30. The highest BCUT2D eigenvalue weighted by Gasteiger charge is 2.37. The minimum absolute atomic E-state index is 0.0307. The molecule has 1 fully saturated rings. The summed E-state index contributed by atoms with van der Waals surface area (Å²) in [5.74, 6) is -2.49. The summed E-state index contributed by atoms with van der Waals surface area (Å²) in [5, 5.41) is 0. The van der Waals surface area contributed by atoms with E-state index in [-0.39, 0.29) is 30.0 Å². The molecule has 0 aromatic heterocycles. The number of hydrogen-bond donors (Lipinski definition) is 0. The number of Topliss-reactive ketones (excluding diaryl/α,β-unsaturated/α-hetero) is 1. The van der Waals surface area contributed by atoms with E-state index in [0.29, 0.717) is 19.3 Å². The minimum Gasteiger partial charge on any atom is -0.299 e. The molecule has 0 unspecified atom stereocenters. The monoisotopic (exact) mass is 218 g/mol. The molecule has 0 heterocycles. The minimum atomic E-state index is -2.53. The molecular formula is C12H20F2O. The van der Waals surface area contributed by atoms with Gasteiger partial charge < -0.3 is 0 Å². The number of halogens is 2. The molecule has 1 rings (SSSR count). The second kappa shape index (κ2) is 4.18. The van der Waals surface area contributed by atoms with E-state index >= 15 is 0 Å².